The third-order valence-electron chi connectivity index (χ3n) is 5.61. The molecule has 0 bridgehead atoms. The highest BCUT2D eigenvalue weighted by molar-refractivity contribution is 6.39. The largest absolute Gasteiger partial charge is 0.467 e. The number of rotatable bonds is 11. The van der Waals surface area contributed by atoms with Crippen LogP contribution >= 0.6 is 23.2 Å². The van der Waals surface area contributed by atoms with Gasteiger partial charge in [-0.3, -0.25) is 4.79 Å². The van der Waals surface area contributed by atoms with Crippen molar-refractivity contribution >= 4 is 46.7 Å². The third-order valence-corrected chi connectivity index (χ3v) is 6.24. The van der Waals surface area contributed by atoms with Crippen molar-refractivity contribution in [3.05, 3.63) is 94.2 Å². The molecule has 188 valence electrons. The molecule has 0 fully saturated rings. The van der Waals surface area contributed by atoms with Gasteiger partial charge in [0, 0.05) is 24.0 Å². The number of amides is 1. The van der Waals surface area contributed by atoms with Gasteiger partial charge in [-0.05, 0) is 48.7 Å². The number of anilines is 2. The predicted molar refractivity (Wildman–Crippen MR) is 143 cm³/mol. The first-order valence-corrected chi connectivity index (χ1v) is 12.3. The van der Waals surface area contributed by atoms with Crippen LogP contribution in [0.25, 0.3) is 0 Å². The summed E-state index contributed by atoms with van der Waals surface area (Å²) in [5.74, 6) is -0.864. The minimum Gasteiger partial charge on any atom is -0.467 e. The molecule has 36 heavy (non-hydrogen) atoms. The highest BCUT2D eigenvalue weighted by atomic mass is 35.5. The molecule has 0 aliphatic carbocycles. The Hall–Kier alpha value is -3.42. The van der Waals surface area contributed by atoms with Crippen molar-refractivity contribution in [2.75, 3.05) is 12.4 Å². The Morgan fingerprint density at radius 3 is 2.53 bits per heavy atom. The maximum absolute atomic E-state index is 13.3. The van der Waals surface area contributed by atoms with Crippen molar-refractivity contribution < 1.29 is 14.3 Å². The van der Waals surface area contributed by atoms with Crippen LogP contribution in [-0.2, 0) is 21.5 Å². The van der Waals surface area contributed by atoms with Crippen LogP contribution in [0.3, 0.4) is 0 Å². The number of carbonyl (C=O) groups excluding carboxylic acids is 2. The number of hydrogen-bond donors (Lipinski definition) is 2. The molecule has 2 N–H and O–H groups in total. The Morgan fingerprint density at radius 2 is 1.86 bits per heavy atom. The molecule has 0 spiro atoms. The van der Waals surface area contributed by atoms with Crippen molar-refractivity contribution in [3.63, 3.8) is 0 Å². The molecule has 0 saturated heterocycles. The van der Waals surface area contributed by atoms with Gasteiger partial charge in [-0.2, -0.15) is 0 Å². The molecule has 2 aromatic carbocycles. The number of methoxy groups -OCH3 is 1. The molecule has 7 nitrogen and oxygen atoms in total. The maximum atomic E-state index is 13.3. The maximum Gasteiger partial charge on any atom is 0.336 e. The average molecular weight is 527 g/mol. The highest BCUT2D eigenvalue weighted by Gasteiger charge is 2.43. The fraction of sp³-hybridized carbons (Fsp3) is 0.259. The Labute approximate surface area is 220 Å². The van der Waals surface area contributed by atoms with Crippen LogP contribution in [-0.4, -0.2) is 29.0 Å². The summed E-state index contributed by atoms with van der Waals surface area (Å²) in [7, 11) is 1.26. The van der Waals surface area contributed by atoms with E-state index in [0.717, 1.165) is 25.0 Å². The lowest BCUT2D eigenvalue weighted by Crippen LogP contribution is -2.52. The smallest absolute Gasteiger partial charge is 0.336 e. The van der Waals surface area contributed by atoms with E-state index < -0.39 is 17.4 Å². The number of aromatic nitrogens is 2. The zero-order valence-electron chi connectivity index (χ0n) is 20.2. The lowest BCUT2D eigenvalue weighted by molar-refractivity contribution is -0.148. The fourth-order valence-electron chi connectivity index (χ4n) is 3.80. The monoisotopic (exact) mass is 526 g/mol. The van der Waals surface area contributed by atoms with E-state index in [1.807, 2.05) is 12.1 Å². The Kier molecular flexibility index (Phi) is 9.44. The Bertz CT molecular complexity index is 1230. The van der Waals surface area contributed by atoms with Gasteiger partial charge in [0.05, 0.1) is 22.7 Å². The average Bonchev–Trinajstić information content (AvgIpc) is 2.87. The second kappa shape index (κ2) is 12.5. The lowest BCUT2D eigenvalue weighted by atomic mass is 9.85. The molecule has 3 aromatic rings. The molecule has 1 aromatic heterocycles. The van der Waals surface area contributed by atoms with Crippen LogP contribution < -0.4 is 10.6 Å². The second-order valence-electron chi connectivity index (χ2n) is 8.12. The van der Waals surface area contributed by atoms with E-state index in [2.05, 4.69) is 34.1 Å². The lowest BCUT2D eigenvalue weighted by Gasteiger charge is -2.32. The molecule has 1 atom stereocenters. The second-order valence-corrected chi connectivity index (χ2v) is 8.94. The van der Waals surface area contributed by atoms with Gasteiger partial charge in [-0.25, -0.2) is 14.8 Å². The first-order chi connectivity index (χ1) is 17.3. The van der Waals surface area contributed by atoms with Crippen molar-refractivity contribution in [2.45, 2.75) is 38.1 Å². The number of ether oxygens (including phenoxy) is 1. The molecule has 1 heterocycles. The Balaban J connectivity index is 2.00. The van der Waals surface area contributed by atoms with E-state index in [9.17, 15) is 9.59 Å². The summed E-state index contributed by atoms with van der Waals surface area (Å²) >= 11 is 12.5. The standard InChI is InChI=1S/C27H28Cl2N4O3/c1-4-6-10-19-14-16-30-26(31-19)32-20-11-7-9-18(17-20)27(15-5-2,25(35)36-3)33-24(34)23-21(28)12-8-13-22(23)29/h5,7-9,11-14,16-17H,2,4,6,10,15H2,1,3H3,(H,33,34)(H,30,31,32). The molecule has 3 rings (SSSR count). The van der Waals surface area contributed by atoms with Crippen LogP contribution in [0.2, 0.25) is 10.0 Å². The molecule has 9 heteroatoms. The van der Waals surface area contributed by atoms with Crippen LogP contribution in [0.1, 0.15) is 47.8 Å². The summed E-state index contributed by atoms with van der Waals surface area (Å²) in [6, 6.07) is 13.6. The molecular weight excluding hydrogens is 499 g/mol. The summed E-state index contributed by atoms with van der Waals surface area (Å²) in [4.78, 5) is 35.4. The fourth-order valence-corrected chi connectivity index (χ4v) is 4.37. The highest BCUT2D eigenvalue weighted by Crippen LogP contribution is 2.32. The number of esters is 1. The topological polar surface area (TPSA) is 93.2 Å². The van der Waals surface area contributed by atoms with Crippen LogP contribution in [0.15, 0.2) is 67.4 Å². The van der Waals surface area contributed by atoms with Gasteiger partial charge in [0.2, 0.25) is 5.95 Å². The van der Waals surface area contributed by atoms with Crippen molar-refractivity contribution in [3.8, 4) is 0 Å². The van der Waals surface area contributed by atoms with Gasteiger partial charge in [-0.15, -0.1) is 6.58 Å². The normalized spacial score (nSPS) is 12.3. The number of unbranched alkanes of at least 4 members (excludes halogenated alkanes) is 1. The van der Waals surface area contributed by atoms with Crippen molar-refractivity contribution in [2.24, 2.45) is 0 Å². The predicted octanol–water partition coefficient (Wildman–Crippen LogP) is 6.24. The van der Waals surface area contributed by atoms with Gasteiger partial charge in [0.1, 0.15) is 0 Å². The zero-order valence-corrected chi connectivity index (χ0v) is 21.7. The van der Waals surface area contributed by atoms with E-state index >= 15 is 0 Å². The molecule has 1 unspecified atom stereocenters. The number of benzene rings is 2. The number of carbonyl (C=O) groups is 2. The van der Waals surface area contributed by atoms with Gasteiger partial charge in [0.25, 0.3) is 5.91 Å². The van der Waals surface area contributed by atoms with Crippen molar-refractivity contribution in [1.82, 2.24) is 15.3 Å². The van der Waals surface area contributed by atoms with Gasteiger partial charge < -0.3 is 15.4 Å². The summed E-state index contributed by atoms with van der Waals surface area (Å²) in [6.07, 6.45) is 6.25. The third kappa shape index (κ3) is 6.22. The number of nitrogens with zero attached hydrogens (tertiary/aromatic N) is 2. The van der Waals surface area contributed by atoms with Crippen LogP contribution in [0.5, 0.6) is 0 Å². The number of hydrogen-bond acceptors (Lipinski definition) is 6. The first-order valence-electron chi connectivity index (χ1n) is 11.5. The van der Waals surface area contributed by atoms with E-state index in [1.165, 1.54) is 13.2 Å². The molecule has 1 amide bonds. The molecule has 0 radical (unpaired) electrons. The SMILES string of the molecule is C=CCC(NC(=O)c1c(Cl)cccc1Cl)(C(=O)OC)c1cccc(Nc2nccc(CCCC)n2)c1. The van der Waals surface area contributed by atoms with Gasteiger partial charge in [0.15, 0.2) is 5.54 Å². The number of aryl methyl sites for hydroxylation is 1. The summed E-state index contributed by atoms with van der Waals surface area (Å²) < 4.78 is 5.12. The van der Waals surface area contributed by atoms with E-state index in [-0.39, 0.29) is 22.0 Å². The van der Waals surface area contributed by atoms with Crippen LogP contribution in [0, 0.1) is 0 Å². The molecule has 0 aliphatic heterocycles. The summed E-state index contributed by atoms with van der Waals surface area (Å²) in [5.41, 5.74) is 0.507. The molecular formula is C27H28Cl2N4O3. The van der Waals surface area contributed by atoms with E-state index in [4.69, 9.17) is 27.9 Å². The molecule has 0 saturated carbocycles. The minimum atomic E-state index is -1.59. The molecule has 0 aliphatic rings. The summed E-state index contributed by atoms with van der Waals surface area (Å²) in [6.45, 7) is 5.91. The van der Waals surface area contributed by atoms with Gasteiger partial charge in [-0.1, -0.05) is 60.8 Å². The summed E-state index contributed by atoms with van der Waals surface area (Å²) in [5, 5.41) is 6.31. The number of halogens is 2. The minimum absolute atomic E-state index is 0.0555. The Morgan fingerprint density at radius 1 is 1.14 bits per heavy atom. The van der Waals surface area contributed by atoms with Crippen molar-refractivity contribution in [1.29, 1.82) is 0 Å². The van der Waals surface area contributed by atoms with E-state index in [0.29, 0.717) is 17.2 Å². The van der Waals surface area contributed by atoms with Gasteiger partial charge >= 0.3 is 5.97 Å². The first kappa shape index (κ1) is 27.2. The van der Waals surface area contributed by atoms with Crippen LogP contribution in [0.4, 0.5) is 11.6 Å². The number of nitrogens with one attached hydrogen (secondary N) is 2. The quantitative estimate of drug-likeness (QED) is 0.226. The van der Waals surface area contributed by atoms with E-state index in [1.54, 1.807) is 42.6 Å². The zero-order chi connectivity index (χ0) is 26.1.